The lowest BCUT2D eigenvalue weighted by Crippen LogP contribution is -2.41. The number of fused-ring (bicyclic) bond motifs is 1. The first-order valence-corrected chi connectivity index (χ1v) is 9.86. The van der Waals surface area contributed by atoms with Crippen molar-refractivity contribution < 1.29 is 14.3 Å². The second-order valence-corrected chi connectivity index (χ2v) is 7.25. The summed E-state index contributed by atoms with van der Waals surface area (Å²) < 4.78 is 8.01. The maximum atomic E-state index is 12.5. The first-order chi connectivity index (χ1) is 15.0. The smallest absolute Gasteiger partial charge is 0.264 e. The van der Waals surface area contributed by atoms with Crippen LogP contribution in [0.3, 0.4) is 0 Å². The number of carbonyl (C=O) groups excluding carboxylic acids is 2. The van der Waals surface area contributed by atoms with Gasteiger partial charge >= 0.3 is 0 Å². The number of aryl methyl sites for hydroxylation is 1. The molecule has 0 bridgehead atoms. The van der Waals surface area contributed by atoms with E-state index in [9.17, 15) is 14.4 Å². The van der Waals surface area contributed by atoms with Crippen molar-refractivity contribution in [1.29, 1.82) is 0 Å². The molecule has 0 atom stereocenters. The maximum absolute atomic E-state index is 12.5. The Hall–Kier alpha value is -3.57. The molecule has 0 radical (unpaired) electrons. The van der Waals surface area contributed by atoms with E-state index in [1.54, 1.807) is 31.3 Å². The number of hydrogen-bond donors (Lipinski definition) is 2. The summed E-state index contributed by atoms with van der Waals surface area (Å²) in [6.07, 6.45) is 2.77. The molecule has 0 aliphatic carbocycles. The fraction of sp³-hybridized carbons (Fsp3) is 0.350. The van der Waals surface area contributed by atoms with Crippen molar-refractivity contribution in [2.75, 3.05) is 43.5 Å². The van der Waals surface area contributed by atoms with E-state index in [2.05, 4.69) is 20.7 Å². The van der Waals surface area contributed by atoms with Gasteiger partial charge in [-0.15, -0.1) is 0 Å². The minimum atomic E-state index is -0.365. The predicted octanol–water partition coefficient (Wildman–Crippen LogP) is 0.0394. The van der Waals surface area contributed by atoms with Crippen molar-refractivity contribution in [3.63, 3.8) is 0 Å². The highest BCUT2D eigenvalue weighted by Crippen LogP contribution is 2.14. The first-order valence-electron chi connectivity index (χ1n) is 9.86. The topological polar surface area (TPSA) is 123 Å². The lowest BCUT2D eigenvalue weighted by molar-refractivity contribution is -0.118. The Balaban J connectivity index is 1.32. The Bertz CT molecular complexity index is 1150. The molecule has 3 heterocycles. The predicted molar refractivity (Wildman–Crippen MR) is 114 cm³/mol. The van der Waals surface area contributed by atoms with E-state index in [-0.39, 0.29) is 23.9 Å². The fourth-order valence-electron chi connectivity index (χ4n) is 3.33. The molecule has 0 saturated carbocycles. The molecule has 0 spiro atoms. The number of amides is 2. The molecule has 1 saturated heterocycles. The van der Waals surface area contributed by atoms with Crippen LogP contribution in [0.5, 0.6) is 0 Å². The summed E-state index contributed by atoms with van der Waals surface area (Å²) in [6.45, 7) is 2.90. The number of hydrogen-bond acceptors (Lipinski definition) is 7. The standard InChI is InChI=1S/C20H23N7O4/c1-25-19-16(10-22-25)20(30)27(13-21-19)12-18(29)24-15-4-2-14(3-5-15)23-17(28)11-26-6-8-31-9-7-26/h2-5,10,13H,6-9,11-12H2,1H3,(H,23,28)(H,24,29). The quantitative estimate of drug-likeness (QED) is 0.572. The van der Waals surface area contributed by atoms with Crippen LogP contribution in [0.25, 0.3) is 11.0 Å². The highest BCUT2D eigenvalue weighted by atomic mass is 16.5. The average molecular weight is 425 g/mol. The molecule has 1 aliphatic heterocycles. The Morgan fingerprint density at radius 3 is 2.29 bits per heavy atom. The van der Waals surface area contributed by atoms with E-state index in [4.69, 9.17) is 4.74 Å². The second-order valence-electron chi connectivity index (χ2n) is 7.25. The summed E-state index contributed by atoms with van der Waals surface area (Å²) in [5.74, 6) is -0.465. The summed E-state index contributed by atoms with van der Waals surface area (Å²) in [4.78, 5) is 43.2. The Labute approximate surface area is 177 Å². The van der Waals surface area contributed by atoms with E-state index in [1.165, 1.54) is 21.8 Å². The second kappa shape index (κ2) is 9.06. The van der Waals surface area contributed by atoms with Gasteiger partial charge in [-0.2, -0.15) is 5.10 Å². The zero-order valence-electron chi connectivity index (χ0n) is 17.1. The number of benzene rings is 1. The summed E-state index contributed by atoms with van der Waals surface area (Å²) in [7, 11) is 1.69. The molecule has 0 unspecified atom stereocenters. The van der Waals surface area contributed by atoms with E-state index >= 15 is 0 Å². The Morgan fingerprint density at radius 2 is 1.65 bits per heavy atom. The molecule has 3 aromatic rings. The van der Waals surface area contributed by atoms with E-state index in [0.29, 0.717) is 42.2 Å². The van der Waals surface area contributed by atoms with Crippen LogP contribution >= 0.6 is 0 Å². The number of carbonyl (C=O) groups is 2. The Kier molecular flexibility index (Phi) is 6.05. The third-order valence-electron chi connectivity index (χ3n) is 4.96. The van der Waals surface area contributed by atoms with E-state index in [1.807, 2.05) is 4.90 Å². The van der Waals surface area contributed by atoms with Crippen LogP contribution in [-0.4, -0.2) is 68.9 Å². The molecule has 162 valence electrons. The fourth-order valence-corrected chi connectivity index (χ4v) is 3.33. The van der Waals surface area contributed by atoms with Gasteiger partial charge in [-0.1, -0.05) is 0 Å². The van der Waals surface area contributed by atoms with Gasteiger partial charge in [0, 0.05) is 31.5 Å². The molecule has 4 rings (SSSR count). The molecule has 1 aromatic carbocycles. The van der Waals surface area contributed by atoms with Crippen LogP contribution in [-0.2, 0) is 27.9 Å². The number of rotatable bonds is 6. The third kappa shape index (κ3) is 4.95. The molecule has 1 aliphatic rings. The van der Waals surface area contributed by atoms with Crippen LogP contribution in [0.1, 0.15) is 0 Å². The van der Waals surface area contributed by atoms with Crippen LogP contribution < -0.4 is 16.2 Å². The van der Waals surface area contributed by atoms with Crippen LogP contribution in [0.15, 0.2) is 41.6 Å². The normalized spacial score (nSPS) is 14.5. The van der Waals surface area contributed by atoms with Gasteiger partial charge in [-0.05, 0) is 24.3 Å². The highest BCUT2D eigenvalue weighted by molar-refractivity contribution is 5.93. The zero-order valence-corrected chi connectivity index (χ0v) is 17.1. The van der Waals surface area contributed by atoms with Gasteiger partial charge in [0.2, 0.25) is 11.8 Å². The summed E-state index contributed by atoms with van der Waals surface area (Å²) in [5, 5.41) is 9.94. The van der Waals surface area contributed by atoms with Crippen molar-refractivity contribution >= 4 is 34.2 Å². The lowest BCUT2D eigenvalue weighted by Gasteiger charge is -2.25. The van der Waals surface area contributed by atoms with Gasteiger partial charge in [0.05, 0.1) is 26.0 Å². The van der Waals surface area contributed by atoms with Crippen molar-refractivity contribution in [2.45, 2.75) is 6.54 Å². The minimum absolute atomic E-state index is 0.101. The number of anilines is 2. The van der Waals surface area contributed by atoms with Gasteiger partial charge < -0.3 is 15.4 Å². The van der Waals surface area contributed by atoms with Crippen LogP contribution in [0, 0.1) is 0 Å². The SMILES string of the molecule is Cn1ncc2c(=O)n(CC(=O)Nc3ccc(NC(=O)CN4CCOCC4)cc3)cnc21. The van der Waals surface area contributed by atoms with Crippen LogP contribution in [0.2, 0.25) is 0 Å². The largest absolute Gasteiger partial charge is 0.379 e. The molecule has 11 nitrogen and oxygen atoms in total. The zero-order chi connectivity index (χ0) is 21.8. The van der Waals surface area contributed by atoms with Gasteiger partial charge in [0.25, 0.3) is 5.56 Å². The molecule has 2 aromatic heterocycles. The number of aromatic nitrogens is 4. The summed E-state index contributed by atoms with van der Waals surface area (Å²) in [5.41, 5.74) is 1.33. The van der Waals surface area contributed by atoms with Crippen molar-refractivity contribution in [3.8, 4) is 0 Å². The molecule has 11 heteroatoms. The van der Waals surface area contributed by atoms with Crippen molar-refractivity contribution in [3.05, 3.63) is 47.1 Å². The number of morpholine rings is 1. The monoisotopic (exact) mass is 425 g/mol. The summed E-state index contributed by atoms with van der Waals surface area (Å²) in [6, 6.07) is 6.80. The van der Waals surface area contributed by atoms with E-state index in [0.717, 1.165) is 13.1 Å². The third-order valence-corrected chi connectivity index (χ3v) is 4.96. The van der Waals surface area contributed by atoms with Gasteiger partial charge in [-0.3, -0.25) is 28.5 Å². The van der Waals surface area contributed by atoms with Gasteiger partial charge in [0.1, 0.15) is 18.3 Å². The molecule has 2 N–H and O–H groups in total. The minimum Gasteiger partial charge on any atom is -0.379 e. The highest BCUT2D eigenvalue weighted by Gasteiger charge is 2.14. The molecular formula is C20H23N7O4. The lowest BCUT2D eigenvalue weighted by atomic mass is 10.2. The maximum Gasteiger partial charge on any atom is 0.264 e. The van der Waals surface area contributed by atoms with Crippen LogP contribution in [0.4, 0.5) is 11.4 Å². The number of ether oxygens (including phenoxy) is 1. The first kappa shape index (κ1) is 20.7. The number of nitrogens with zero attached hydrogens (tertiary/aromatic N) is 5. The number of nitrogens with one attached hydrogen (secondary N) is 2. The van der Waals surface area contributed by atoms with E-state index < -0.39 is 0 Å². The molecular weight excluding hydrogens is 402 g/mol. The van der Waals surface area contributed by atoms with Gasteiger partial charge in [0.15, 0.2) is 5.65 Å². The Morgan fingerprint density at radius 1 is 1.03 bits per heavy atom. The van der Waals surface area contributed by atoms with Gasteiger partial charge in [-0.25, -0.2) is 4.98 Å². The molecule has 2 amide bonds. The molecule has 1 fully saturated rings. The molecule has 31 heavy (non-hydrogen) atoms. The summed E-state index contributed by atoms with van der Waals surface area (Å²) >= 11 is 0. The van der Waals surface area contributed by atoms with Crippen molar-refractivity contribution in [1.82, 2.24) is 24.2 Å². The van der Waals surface area contributed by atoms with Crippen molar-refractivity contribution in [2.24, 2.45) is 7.05 Å². The average Bonchev–Trinajstić information content (AvgIpc) is 3.14.